The Morgan fingerprint density at radius 3 is 2.72 bits per heavy atom. The minimum Gasteiger partial charge on any atom is -0.499 e. The van der Waals surface area contributed by atoms with Crippen LogP contribution in [0.4, 0.5) is 0 Å². The Bertz CT molecular complexity index is 672. The molecule has 1 aliphatic rings. The smallest absolute Gasteiger partial charge is 0.383 e. The van der Waals surface area contributed by atoms with Gasteiger partial charge in [-0.25, -0.2) is 4.79 Å². The topological polar surface area (TPSA) is 59.4 Å². The zero-order chi connectivity index (χ0) is 12.7. The van der Waals surface area contributed by atoms with Crippen molar-refractivity contribution in [2.75, 3.05) is 0 Å². The number of aromatic nitrogens is 1. The molecule has 18 heavy (non-hydrogen) atoms. The van der Waals surface area contributed by atoms with E-state index in [0.717, 1.165) is 21.0 Å². The summed E-state index contributed by atoms with van der Waals surface area (Å²) in [4.78, 5) is 16.7. The summed E-state index contributed by atoms with van der Waals surface area (Å²) in [5, 5.41) is 9.36. The number of pyridine rings is 1. The number of rotatable bonds is 2. The number of thiophene rings is 1. The Balaban J connectivity index is 1.98. The number of carbonyl (C=O) groups excluding carboxylic acids is 1. The van der Waals surface area contributed by atoms with Gasteiger partial charge in [0.1, 0.15) is 0 Å². The van der Waals surface area contributed by atoms with Gasteiger partial charge in [-0.15, -0.1) is 11.3 Å². The van der Waals surface area contributed by atoms with E-state index in [1.54, 1.807) is 6.20 Å². The highest BCUT2D eigenvalue weighted by Gasteiger charge is 2.32. The Labute approximate surface area is 107 Å². The van der Waals surface area contributed by atoms with Crippen molar-refractivity contribution in [3.63, 3.8) is 0 Å². The van der Waals surface area contributed by atoms with E-state index in [0.29, 0.717) is 0 Å². The van der Waals surface area contributed by atoms with E-state index in [1.165, 1.54) is 11.3 Å². The minimum atomic E-state index is -0.667. The Hall–Kier alpha value is -2.14. The molecule has 0 spiro atoms. The molecule has 5 heteroatoms. The van der Waals surface area contributed by atoms with Crippen molar-refractivity contribution >= 4 is 23.1 Å². The maximum absolute atomic E-state index is 10.8. The van der Waals surface area contributed by atoms with Crippen molar-refractivity contribution in [3.05, 3.63) is 46.8 Å². The third kappa shape index (κ3) is 1.69. The molecular weight excluding hydrogens is 250 g/mol. The van der Waals surface area contributed by atoms with E-state index in [-0.39, 0.29) is 11.5 Å². The molecule has 4 nitrogen and oxygen atoms in total. The first-order chi connectivity index (χ1) is 8.65. The van der Waals surface area contributed by atoms with Gasteiger partial charge in [-0.2, -0.15) is 0 Å². The number of aliphatic hydroxyl groups is 1. The largest absolute Gasteiger partial charge is 0.499 e. The number of hydrogen-bond donors (Lipinski definition) is 1. The first kappa shape index (κ1) is 11.0. The summed E-state index contributed by atoms with van der Waals surface area (Å²) in [7, 11) is 0. The molecule has 1 N–H and O–H groups in total. The van der Waals surface area contributed by atoms with E-state index in [2.05, 4.69) is 4.98 Å². The van der Waals surface area contributed by atoms with Crippen molar-refractivity contribution in [2.45, 2.75) is 6.92 Å². The number of aliphatic hydroxyl groups excluding tert-OH is 1. The highest BCUT2D eigenvalue weighted by molar-refractivity contribution is 7.16. The van der Waals surface area contributed by atoms with Gasteiger partial charge >= 0.3 is 5.97 Å². The molecule has 0 fully saturated rings. The second kappa shape index (κ2) is 3.96. The molecule has 2 aromatic rings. The summed E-state index contributed by atoms with van der Waals surface area (Å²) in [6.45, 7) is 1.93. The lowest BCUT2D eigenvalue weighted by Gasteiger charge is -2.15. The fraction of sp³-hybridized carbons (Fsp3) is 0.0769. The molecule has 0 aromatic carbocycles. The number of nitrogens with zero attached hydrogens (tertiary/aromatic N) is 1. The summed E-state index contributed by atoms with van der Waals surface area (Å²) in [6, 6.07) is 7.66. The van der Waals surface area contributed by atoms with Crippen LogP contribution >= 0.6 is 11.3 Å². The Kier molecular flexibility index (Phi) is 2.41. The van der Waals surface area contributed by atoms with Gasteiger partial charge in [-0.05, 0) is 36.8 Å². The Morgan fingerprint density at radius 1 is 1.28 bits per heavy atom. The van der Waals surface area contributed by atoms with Crippen LogP contribution < -0.4 is 0 Å². The maximum atomic E-state index is 10.8. The zero-order valence-corrected chi connectivity index (χ0v) is 10.3. The predicted molar refractivity (Wildman–Crippen MR) is 67.9 cm³/mol. The molecule has 0 bridgehead atoms. The van der Waals surface area contributed by atoms with Gasteiger partial charge in [0.05, 0.1) is 4.88 Å². The van der Waals surface area contributed by atoms with E-state index < -0.39 is 5.97 Å². The second-order valence-corrected chi connectivity index (χ2v) is 5.00. The van der Waals surface area contributed by atoms with Crippen LogP contribution in [0.25, 0.3) is 16.2 Å². The van der Waals surface area contributed by atoms with Crippen LogP contribution in [0.3, 0.4) is 0 Å². The molecular formula is C13H9NO3S. The number of ether oxygens (including phenoxy) is 1. The van der Waals surface area contributed by atoms with Crippen molar-refractivity contribution in [3.8, 4) is 10.4 Å². The summed E-state index contributed by atoms with van der Waals surface area (Å²) in [6.07, 6.45) is 1.75. The van der Waals surface area contributed by atoms with Crippen LogP contribution in [-0.2, 0) is 9.53 Å². The molecule has 0 aliphatic carbocycles. The highest BCUT2D eigenvalue weighted by atomic mass is 32.1. The van der Waals surface area contributed by atoms with Crippen molar-refractivity contribution < 1.29 is 14.6 Å². The van der Waals surface area contributed by atoms with Crippen molar-refractivity contribution in [1.29, 1.82) is 0 Å². The van der Waals surface area contributed by atoms with Gasteiger partial charge in [0.15, 0.2) is 5.76 Å². The van der Waals surface area contributed by atoms with Crippen LogP contribution in [0.15, 0.2) is 36.2 Å². The summed E-state index contributed by atoms with van der Waals surface area (Å²) in [5.74, 6) is -0.698. The van der Waals surface area contributed by atoms with Gasteiger partial charge in [-0.3, -0.25) is 4.98 Å². The lowest BCUT2D eigenvalue weighted by molar-refractivity contribution is -0.140. The molecule has 90 valence electrons. The first-order valence-electron chi connectivity index (χ1n) is 5.34. The standard InChI is InChI=1S/C13H9NO3S/c1-7-6-8(4-5-14-7)9-2-3-10(18-9)12-11(15)13(16)17-12/h2-6,15H,1H3. The van der Waals surface area contributed by atoms with Crippen LogP contribution in [-0.4, -0.2) is 16.1 Å². The highest BCUT2D eigenvalue weighted by Crippen LogP contribution is 2.37. The van der Waals surface area contributed by atoms with E-state index >= 15 is 0 Å². The molecule has 0 saturated heterocycles. The number of cyclic esters (lactones) is 1. The maximum Gasteiger partial charge on any atom is 0.383 e. The van der Waals surface area contributed by atoms with Crippen LogP contribution in [0.2, 0.25) is 0 Å². The van der Waals surface area contributed by atoms with E-state index in [1.807, 2.05) is 31.2 Å². The average Bonchev–Trinajstić information content (AvgIpc) is 2.84. The molecule has 0 atom stereocenters. The SMILES string of the molecule is Cc1cc(-c2ccc(C3=C(O)C(=O)O3)s2)ccn1. The Morgan fingerprint density at radius 2 is 2.06 bits per heavy atom. The van der Waals surface area contributed by atoms with E-state index in [4.69, 9.17) is 4.74 Å². The van der Waals surface area contributed by atoms with Gasteiger partial charge in [0, 0.05) is 16.8 Å². The average molecular weight is 259 g/mol. The number of esters is 1. The van der Waals surface area contributed by atoms with Gasteiger partial charge in [-0.1, -0.05) is 0 Å². The molecule has 0 amide bonds. The van der Waals surface area contributed by atoms with E-state index in [9.17, 15) is 9.90 Å². The van der Waals surface area contributed by atoms with Crippen molar-refractivity contribution in [1.82, 2.24) is 4.98 Å². The summed E-state index contributed by atoms with van der Waals surface area (Å²) in [5.41, 5.74) is 2.00. The number of aryl methyl sites for hydroxylation is 1. The predicted octanol–water partition coefficient (Wildman–Crippen LogP) is 2.90. The molecule has 0 radical (unpaired) electrons. The summed E-state index contributed by atoms with van der Waals surface area (Å²) < 4.78 is 4.80. The molecule has 0 saturated carbocycles. The molecule has 3 heterocycles. The minimum absolute atomic E-state index is 0.266. The molecule has 1 aliphatic heterocycles. The van der Waals surface area contributed by atoms with Crippen LogP contribution in [0.1, 0.15) is 10.6 Å². The first-order valence-corrected chi connectivity index (χ1v) is 6.15. The quantitative estimate of drug-likeness (QED) is 0.842. The van der Waals surface area contributed by atoms with Crippen LogP contribution in [0.5, 0.6) is 0 Å². The zero-order valence-electron chi connectivity index (χ0n) is 9.51. The third-order valence-electron chi connectivity index (χ3n) is 2.61. The molecule has 0 unspecified atom stereocenters. The summed E-state index contributed by atoms with van der Waals surface area (Å²) >= 11 is 1.46. The van der Waals surface area contributed by atoms with Gasteiger partial charge in [0.2, 0.25) is 5.76 Å². The third-order valence-corrected chi connectivity index (χ3v) is 3.75. The number of carbonyl (C=O) groups is 1. The fourth-order valence-corrected chi connectivity index (χ4v) is 2.70. The molecule has 3 rings (SSSR count). The number of hydrogen-bond acceptors (Lipinski definition) is 5. The van der Waals surface area contributed by atoms with Crippen LogP contribution in [0, 0.1) is 6.92 Å². The lowest BCUT2D eigenvalue weighted by atomic mass is 10.2. The van der Waals surface area contributed by atoms with Crippen molar-refractivity contribution in [2.24, 2.45) is 0 Å². The second-order valence-electron chi connectivity index (χ2n) is 3.92. The monoisotopic (exact) mass is 259 g/mol. The molecule has 2 aromatic heterocycles. The lowest BCUT2D eigenvalue weighted by Crippen LogP contribution is -2.19. The van der Waals surface area contributed by atoms with Gasteiger partial charge < -0.3 is 9.84 Å². The fourth-order valence-electron chi connectivity index (χ4n) is 1.72. The van der Waals surface area contributed by atoms with Gasteiger partial charge in [0.25, 0.3) is 0 Å². The normalized spacial score (nSPS) is 14.4.